The molecule has 6 rings (SSSR count). The standard InChI is InChI=1S/C31H39N11O5/c43-30(22-41-7-4-34-31(41)42(44)45)33-6-13-47-15-14-46-12-5-32-27-16-28-20-39-10-8-37(23-39)18-25-2-1-3-26(35-25)19-38-9-11-40(24-38)21-29(17-27)36-28/h1-4,7-11,16-17H,5-6,12-15,18-24H2,(H,32,36)(H,33,43). The van der Waals surface area contributed by atoms with Crippen LogP contribution in [0, 0.1) is 10.1 Å². The molecule has 8 bridgehead atoms. The Morgan fingerprint density at radius 1 is 0.809 bits per heavy atom. The van der Waals surface area contributed by atoms with Crippen LogP contribution in [-0.4, -0.2) is 103 Å². The molecule has 0 saturated carbocycles. The first-order valence-electron chi connectivity index (χ1n) is 15.6. The maximum absolute atomic E-state index is 12.0. The Morgan fingerprint density at radius 2 is 1.36 bits per heavy atom. The van der Waals surface area contributed by atoms with E-state index in [9.17, 15) is 14.9 Å². The highest BCUT2D eigenvalue weighted by Gasteiger charge is 2.19. The van der Waals surface area contributed by atoms with Gasteiger partial charge in [0.2, 0.25) is 0 Å². The van der Waals surface area contributed by atoms with Crippen molar-refractivity contribution >= 4 is 17.5 Å². The van der Waals surface area contributed by atoms with Crippen molar-refractivity contribution in [3.63, 3.8) is 0 Å². The fraction of sp³-hybridized carbons (Fsp3) is 0.419. The monoisotopic (exact) mass is 645 g/mol. The zero-order valence-corrected chi connectivity index (χ0v) is 26.1. The van der Waals surface area contributed by atoms with E-state index in [0.29, 0.717) is 46.1 Å². The van der Waals surface area contributed by atoms with E-state index in [0.717, 1.165) is 54.9 Å². The van der Waals surface area contributed by atoms with Crippen molar-refractivity contribution in [3.8, 4) is 0 Å². The summed E-state index contributed by atoms with van der Waals surface area (Å²) in [5, 5.41) is 17.1. The van der Waals surface area contributed by atoms with E-state index in [1.807, 2.05) is 0 Å². The lowest BCUT2D eigenvalue weighted by Gasteiger charge is -2.24. The maximum Gasteiger partial charge on any atom is 0.435 e. The molecule has 0 spiro atoms. The number of aromatic nitrogens is 4. The van der Waals surface area contributed by atoms with Crippen LogP contribution in [0.2, 0.25) is 0 Å². The summed E-state index contributed by atoms with van der Waals surface area (Å²) in [4.78, 5) is 44.9. The van der Waals surface area contributed by atoms with Crippen LogP contribution in [0.4, 0.5) is 11.6 Å². The lowest BCUT2D eigenvalue weighted by molar-refractivity contribution is -0.396. The summed E-state index contributed by atoms with van der Waals surface area (Å²) >= 11 is 0. The number of hydrogen-bond donors (Lipinski definition) is 2. The third kappa shape index (κ3) is 9.17. The SMILES string of the molecule is O=C(Cn1ccnc1[N+](=O)[O-])NCCOCCOCCNc1cc2nc(c1)CN1C=CN(Cc3cccc(n3)CN3C=CN(C2)C3)C1. The molecule has 16 nitrogen and oxygen atoms in total. The zero-order valence-electron chi connectivity index (χ0n) is 26.1. The Bertz CT molecular complexity index is 1530. The number of carbonyl (C=O) groups is 1. The molecule has 0 aliphatic carbocycles. The number of ether oxygens (including phenoxy) is 2. The number of anilines is 1. The van der Waals surface area contributed by atoms with Crippen molar-refractivity contribution in [2.45, 2.75) is 32.7 Å². The van der Waals surface area contributed by atoms with Crippen LogP contribution in [0.1, 0.15) is 22.8 Å². The summed E-state index contributed by atoms with van der Waals surface area (Å²) in [6, 6.07) is 10.5. The Kier molecular flexibility index (Phi) is 10.4. The van der Waals surface area contributed by atoms with Gasteiger partial charge in [-0.2, -0.15) is 0 Å². The molecule has 16 heteroatoms. The van der Waals surface area contributed by atoms with E-state index in [-0.39, 0.29) is 24.9 Å². The highest BCUT2D eigenvalue weighted by molar-refractivity contribution is 5.75. The second kappa shape index (κ2) is 15.4. The molecule has 3 aromatic rings. The Balaban J connectivity index is 0.928. The third-order valence-corrected chi connectivity index (χ3v) is 7.65. The number of amides is 1. The van der Waals surface area contributed by atoms with Gasteiger partial charge >= 0.3 is 5.95 Å². The summed E-state index contributed by atoms with van der Waals surface area (Å²) in [6.07, 6.45) is 11.1. The Hall–Kier alpha value is -5.22. The minimum absolute atomic E-state index is 0.179. The number of hydrogen-bond acceptors (Lipinski definition) is 13. The number of fused-ring (bicyclic) bond motifs is 8. The van der Waals surface area contributed by atoms with Gasteiger partial charge in [-0.1, -0.05) is 11.1 Å². The minimum Gasteiger partial charge on any atom is -0.390 e. The molecule has 3 aliphatic heterocycles. The maximum atomic E-state index is 12.0. The fourth-order valence-electron chi connectivity index (χ4n) is 5.55. The van der Waals surface area contributed by atoms with Crippen molar-refractivity contribution in [1.29, 1.82) is 0 Å². The molecule has 0 saturated heterocycles. The molecule has 0 unspecified atom stereocenters. The predicted octanol–water partition coefficient (Wildman–Crippen LogP) is 1.65. The third-order valence-electron chi connectivity index (χ3n) is 7.65. The molecule has 0 aromatic carbocycles. The number of nitro groups is 1. The molecule has 1 amide bonds. The van der Waals surface area contributed by atoms with Crippen LogP contribution in [0.5, 0.6) is 0 Å². The van der Waals surface area contributed by atoms with Crippen LogP contribution in [-0.2, 0) is 47.0 Å². The van der Waals surface area contributed by atoms with Crippen molar-refractivity contribution in [1.82, 2.24) is 44.4 Å². The summed E-state index contributed by atoms with van der Waals surface area (Å²) in [5.41, 5.74) is 5.11. The van der Waals surface area contributed by atoms with Crippen molar-refractivity contribution < 1.29 is 19.2 Å². The number of imidazole rings is 1. The Morgan fingerprint density at radius 3 is 1.96 bits per heavy atom. The van der Waals surface area contributed by atoms with Gasteiger partial charge < -0.3 is 49.8 Å². The lowest BCUT2D eigenvalue weighted by atomic mass is 10.2. The molecule has 0 atom stereocenters. The fourth-order valence-corrected chi connectivity index (χ4v) is 5.55. The molecule has 0 fully saturated rings. The quantitative estimate of drug-likeness (QED) is 0.157. The largest absolute Gasteiger partial charge is 0.435 e. The van der Waals surface area contributed by atoms with Gasteiger partial charge in [0, 0.05) is 43.6 Å². The second-order valence-electron chi connectivity index (χ2n) is 11.4. The molecular weight excluding hydrogens is 606 g/mol. The number of nitrogens with zero attached hydrogens (tertiary/aromatic N) is 9. The number of nitrogens with one attached hydrogen (secondary N) is 2. The molecule has 6 heterocycles. The molecular formula is C31H39N11O5. The van der Waals surface area contributed by atoms with Crippen LogP contribution < -0.4 is 10.6 Å². The second-order valence-corrected chi connectivity index (χ2v) is 11.4. The first-order valence-corrected chi connectivity index (χ1v) is 15.6. The number of pyridine rings is 2. The van der Waals surface area contributed by atoms with Gasteiger partial charge in [-0.15, -0.1) is 0 Å². The van der Waals surface area contributed by atoms with Crippen LogP contribution >= 0.6 is 0 Å². The van der Waals surface area contributed by atoms with Gasteiger partial charge in [-0.05, 0) is 29.2 Å². The molecule has 3 aliphatic rings. The average molecular weight is 646 g/mol. The first kappa shape index (κ1) is 31.7. The van der Waals surface area contributed by atoms with Gasteiger partial charge in [0.1, 0.15) is 12.4 Å². The van der Waals surface area contributed by atoms with Crippen molar-refractivity contribution in [3.05, 3.63) is 100 Å². The zero-order chi connectivity index (χ0) is 32.4. The number of rotatable bonds is 13. The summed E-state index contributed by atoms with van der Waals surface area (Å²) < 4.78 is 12.4. The van der Waals surface area contributed by atoms with Gasteiger partial charge in [0.15, 0.2) is 6.54 Å². The van der Waals surface area contributed by atoms with Crippen LogP contribution in [0.3, 0.4) is 0 Å². The van der Waals surface area contributed by atoms with E-state index in [1.165, 1.54) is 17.0 Å². The molecule has 248 valence electrons. The predicted molar refractivity (Wildman–Crippen MR) is 171 cm³/mol. The topological polar surface area (TPSA) is 159 Å². The smallest absolute Gasteiger partial charge is 0.390 e. The average Bonchev–Trinajstić information content (AvgIpc) is 3.80. The van der Waals surface area contributed by atoms with Gasteiger partial charge in [-0.25, -0.2) is 4.57 Å². The number of carbonyl (C=O) groups excluding carboxylic acids is 1. The van der Waals surface area contributed by atoms with Gasteiger partial charge in [0.25, 0.3) is 5.91 Å². The minimum atomic E-state index is -0.627. The molecule has 2 N–H and O–H groups in total. The summed E-state index contributed by atoms with van der Waals surface area (Å²) in [5.74, 6) is -0.726. The lowest BCUT2D eigenvalue weighted by Crippen LogP contribution is -2.31. The highest BCUT2D eigenvalue weighted by atomic mass is 16.6. The van der Waals surface area contributed by atoms with Crippen molar-refractivity contribution in [2.75, 3.05) is 58.2 Å². The van der Waals surface area contributed by atoms with Gasteiger partial charge in [-0.3, -0.25) is 14.8 Å². The van der Waals surface area contributed by atoms with Gasteiger partial charge in [0.05, 0.1) is 88.7 Å². The van der Waals surface area contributed by atoms with E-state index in [4.69, 9.17) is 19.4 Å². The Labute approximate surface area is 272 Å². The van der Waals surface area contributed by atoms with E-state index in [2.05, 4.69) is 90.3 Å². The highest BCUT2D eigenvalue weighted by Crippen LogP contribution is 2.21. The van der Waals surface area contributed by atoms with Crippen LogP contribution in [0.15, 0.2) is 67.5 Å². The molecule has 3 aromatic heterocycles. The molecule has 0 radical (unpaired) electrons. The van der Waals surface area contributed by atoms with Crippen LogP contribution in [0.25, 0.3) is 0 Å². The summed E-state index contributed by atoms with van der Waals surface area (Å²) in [6.45, 7) is 6.80. The normalized spacial score (nSPS) is 15.4. The van der Waals surface area contributed by atoms with Crippen molar-refractivity contribution in [2.24, 2.45) is 0 Å². The van der Waals surface area contributed by atoms with E-state index in [1.54, 1.807) is 0 Å². The summed E-state index contributed by atoms with van der Waals surface area (Å²) in [7, 11) is 0. The molecule has 47 heavy (non-hydrogen) atoms. The first-order chi connectivity index (χ1) is 23.0. The van der Waals surface area contributed by atoms with E-state index >= 15 is 0 Å². The van der Waals surface area contributed by atoms with E-state index < -0.39 is 4.92 Å².